The maximum absolute atomic E-state index is 13.1. The second-order valence-corrected chi connectivity index (χ2v) is 5.02. The lowest BCUT2D eigenvalue weighted by molar-refractivity contribution is -0.0224. The molecule has 0 saturated heterocycles. The Bertz CT molecular complexity index is 458. The van der Waals surface area contributed by atoms with Gasteiger partial charge in [-0.2, -0.15) is 0 Å². The fourth-order valence-electron chi connectivity index (χ4n) is 2.67. The van der Waals surface area contributed by atoms with E-state index in [0.29, 0.717) is 5.92 Å². The third-order valence-electron chi connectivity index (χ3n) is 3.62. The average Bonchev–Trinajstić information content (AvgIpc) is 2.39. The molecule has 96 valence electrons. The largest absolute Gasteiger partial charge is 0.369 e. The van der Waals surface area contributed by atoms with Crippen LogP contribution >= 0.6 is 0 Å². The van der Waals surface area contributed by atoms with Gasteiger partial charge < -0.3 is 4.74 Å². The van der Waals surface area contributed by atoms with Crippen LogP contribution in [0.25, 0.3) is 0 Å². The predicted octanol–water partition coefficient (Wildman–Crippen LogP) is 4.07. The first-order valence-corrected chi connectivity index (χ1v) is 6.27. The smallest absolute Gasteiger partial charge is 0.123 e. The second-order valence-electron chi connectivity index (χ2n) is 5.02. The van der Waals surface area contributed by atoms with Crippen LogP contribution in [0.5, 0.6) is 0 Å². The molecule has 1 aliphatic carbocycles. The van der Waals surface area contributed by atoms with Crippen LogP contribution in [-0.2, 0) is 10.3 Å². The van der Waals surface area contributed by atoms with E-state index < -0.39 is 5.60 Å². The molecule has 2 atom stereocenters. The van der Waals surface area contributed by atoms with Gasteiger partial charge in [-0.25, -0.2) is 4.39 Å². The summed E-state index contributed by atoms with van der Waals surface area (Å²) >= 11 is 0. The minimum Gasteiger partial charge on any atom is -0.369 e. The summed E-state index contributed by atoms with van der Waals surface area (Å²) in [6.45, 7) is 4.34. The summed E-state index contributed by atoms with van der Waals surface area (Å²) in [6.07, 6.45) is 8.26. The van der Waals surface area contributed by atoms with Crippen molar-refractivity contribution in [3.05, 3.63) is 60.0 Å². The van der Waals surface area contributed by atoms with Crippen LogP contribution in [0.2, 0.25) is 0 Å². The highest BCUT2D eigenvalue weighted by molar-refractivity contribution is 5.35. The van der Waals surface area contributed by atoms with Gasteiger partial charge in [0, 0.05) is 13.0 Å². The molecule has 1 aromatic carbocycles. The van der Waals surface area contributed by atoms with E-state index in [1.54, 1.807) is 19.2 Å². The van der Waals surface area contributed by atoms with Gasteiger partial charge in [0.1, 0.15) is 11.4 Å². The van der Waals surface area contributed by atoms with E-state index in [1.165, 1.54) is 12.1 Å². The number of benzene rings is 1. The Morgan fingerprint density at radius 2 is 1.83 bits per heavy atom. The molecule has 0 N–H and O–H groups in total. The quantitative estimate of drug-likeness (QED) is 0.781. The summed E-state index contributed by atoms with van der Waals surface area (Å²) in [4.78, 5) is 0. The van der Waals surface area contributed by atoms with Crippen LogP contribution in [0.15, 0.2) is 48.6 Å². The number of ether oxygens (including phenoxy) is 1. The van der Waals surface area contributed by atoms with Gasteiger partial charge >= 0.3 is 0 Å². The first kappa shape index (κ1) is 13.0. The second kappa shape index (κ2) is 5.07. The third-order valence-corrected chi connectivity index (χ3v) is 3.62. The molecule has 0 aromatic heterocycles. The van der Waals surface area contributed by atoms with Crippen molar-refractivity contribution in [3.63, 3.8) is 0 Å². The Morgan fingerprint density at radius 1 is 1.17 bits per heavy atom. The molecule has 0 bridgehead atoms. The van der Waals surface area contributed by atoms with Crippen molar-refractivity contribution in [1.82, 2.24) is 0 Å². The first-order valence-electron chi connectivity index (χ1n) is 6.27. The molecule has 0 radical (unpaired) electrons. The number of hydrogen-bond donors (Lipinski definition) is 0. The molecule has 1 nitrogen and oxygen atoms in total. The van der Waals surface area contributed by atoms with Crippen molar-refractivity contribution >= 4 is 0 Å². The molecule has 0 spiro atoms. The van der Waals surface area contributed by atoms with Crippen LogP contribution in [0.1, 0.15) is 19.4 Å². The summed E-state index contributed by atoms with van der Waals surface area (Å²) < 4.78 is 18.9. The Balaban J connectivity index is 2.49. The number of hydrogen-bond acceptors (Lipinski definition) is 1. The highest BCUT2D eigenvalue weighted by Gasteiger charge is 2.39. The molecule has 18 heavy (non-hydrogen) atoms. The summed E-state index contributed by atoms with van der Waals surface area (Å²) in [5.41, 5.74) is 0.502. The maximum Gasteiger partial charge on any atom is 0.123 e. The van der Waals surface area contributed by atoms with Crippen LogP contribution in [0, 0.1) is 17.7 Å². The van der Waals surface area contributed by atoms with Gasteiger partial charge in [0.25, 0.3) is 0 Å². The highest BCUT2D eigenvalue weighted by atomic mass is 19.1. The molecule has 2 rings (SSSR count). The van der Waals surface area contributed by atoms with Crippen LogP contribution in [-0.4, -0.2) is 7.11 Å². The molecule has 0 amide bonds. The number of rotatable bonds is 3. The molecular weight excluding hydrogens is 227 g/mol. The fourth-order valence-corrected chi connectivity index (χ4v) is 2.67. The van der Waals surface area contributed by atoms with Crippen molar-refractivity contribution in [2.24, 2.45) is 11.8 Å². The summed E-state index contributed by atoms with van der Waals surface area (Å²) in [5.74, 6) is 0.468. The maximum atomic E-state index is 13.1. The van der Waals surface area contributed by atoms with Crippen molar-refractivity contribution in [1.29, 1.82) is 0 Å². The van der Waals surface area contributed by atoms with Gasteiger partial charge in [-0.15, -0.1) is 0 Å². The fraction of sp³-hybridized carbons (Fsp3) is 0.375. The van der Waals surface area contributed by atoms with E-state index in [0.717, 1.165) is 5.56 Å². The topological polar surface area (TPSA) is 9.23 Å². The molecule has 0 saturated carbocycles. The van der Waals surface area contributed by atoms with Gasteiger partial charge in [0.05, 0.1) is 0 Å². The van der Waals surface area contributed by atoms with Crippen molar-refractivity contribution < 1.29 is 9.13 Å². The Kier molecular flexibility index (Phi) is 3.67. The van der Waals surface area contributed by atoms with Crippen molar-refractivity contribution in [2.45, 2.75) is 19.4 Å². The van der Waals surface area contributed by atoms with Gasteiger partial charge in [-0.1, -0.05) is 44.2 Å². The van der Waals surface area contributed by atoms with E-state index in [2.05, 4.69) is 26.0 Å². The van der Waals surface area contributed by atoms with E-state index in [4.69, 9.17) is 4.74 Å². The molecule has 1 aromatic rings. The summed E-state index contributed by atoms with van der Waals surface area (Å²) in [7, 11) is 1.71. The van der Waals surface area contributed by atoms with Gasteiger partial charge in [0.2, 0.25) is 0 Å². The number of methoxy groups -OCH3 is 1. The van der Waals surface area contributed by atoms with E-state index in [1.807, 2.05) is 12.2 Å². The lowest BCUT2D eigenvalue weighted by atomic mass is 9.73. The Morgan fingerprint density at radius 3 is 2.39 bits per heavy atom. The van der Waals surface area contributed by atoms with E-state index >= 15 is 0 Å². The Labute approximate surface area is 108 Å². The predicted molar refractivity (Wildman–Crippen MR) is 71.7 cm³/mol. The molecule has 1 aliphatic rings. The summed E-state index contributed by atoms with van der Waals surface area (Å²) in [5, 5.41) is 0. The van der Waals surface area contributed by atoms with Gasteiger partial charge in [0.15, 0.2) is 0 Å². The monoisotopic (exact) mass is 246 g/mol. The molecule has 0 aliphatic heterocycles. The Hall–Kier alpha value is -1.41. The standard InChI is InChI=1S/C16H19FO/c1-12(2)15-6-4-5-11-16(15,18-3)13-7-9-14(17)10-8-13/h4-12,15H,1-3H3. The van der Waals surface area contributed by atoms with Crippen LogP contribution < -0.4 is 0 Å². The molecule has 2 unspecified atom stereocenters. The average molecular weight is 246 g/mol. The van der Waals surface area contributed by atoms with Crippen LogP contribution in [0.4, 0.5) is 4.39 Å². The zero-order valence-electron chi connectivity index (χ0n) is 11.1. The summed E-state index contributed by atoms with van der Waals surface area (Å²) in [6, 6.07) is 6.58. The lowest BCUT2D eigenvalue weighted by Gasteiger charge is -2.40. The van der Waals surface area contributed by atoms with Gasteiger partial charge in [-0.3, -0.25) is 0 Å². The molecular formula is C16H19FO. The molecule has 0 heterocycles. The van der Waals surface area contributed by atoms with Crippen LogP contribution in [0.3, 0.4) is 0 Å². The zero-order valence-corrected chi connectivity index (χ0v) is 11.1. The van der Waals surface area contributed by atoms with E-state index in [-0.39, 0.29) is 11.7 Å². The highest BCUT2D eigenvalue weighted by Crippen LogP contribution is 2.41. The lowest BCUT2D eigenvalue weighted by Crippen LogP contribution is -2.38. The minimum absolute atomic E-state index is 0.221. The van der Waals surface area contributed by atoms with Gasteiger partial charge in [-0.05, 0) is 29.7 Å². The molecule has 2 heteroatoms. The SMILES string of the molecule is COC1(c2ccc(F)cc2)C=CC=CC1C(C)C. The normalized spacial score (nSPS) is 26.8. The van der Waals surface area contributed by atoms with Crippen molar-refractivity contribution in [3.8, 4) is 0 Å². The van der Waals surface area contributed by atoms with E-state index in [9.17, 15) is 4.39 Å². The third kappa shape index (κ3) is 2.13. The number of allylic oxidation sites excluding steroid dienone is 2. The minimum atomic E-state index is -0.489. The van der Waals surface area contributed by atoms with Crippen molar-refractivity contribution in [2.75, 3.05) is 7.11 Å². The molecule has 0 fully saturated rings. The number of halogens is 1. The first-order chi connectivity index (χ1) is 8.60. The zero-order chi connectivity index (χ0) is 13.2.